The lowest BCUT2D eigenvalue weighted by Gasteiger charge is -2.21. The zero-order chi connectivity index (χ0) is 17.8. The van der Waals surface area contributed by atoms with Crippen molar-refractivity contribution in [2.45, 2.75) is 51.2 Å². The zero-order valence-electron chi connectivity index (χ0n) is 15.6. The van der Waals surface area contributed by atoms with Gasteiger partial charge in [-0.25, -0.2) is 0 Å². The molecule has 1 N–H and O–H groups in total. The fourth-order valence-electron chi connectivity index (χ4n) is 3.89. The fraction of sp³-hybridized carbons (Fsp3) is 0.478. The Morgan fingerprint density at radius 1 is 1.08 bits per heavy atom. The van der Waals surface area contributed by atoms with Gasteiger partial charge in [-0.2, -0.15) is 0 Å². The first-order valence-corrected chi connectivity index (χ1v) is 9.94. The van der Waals surface area contributed by atoms with E-state index in [1.807, 2.05) is 30.3 Å². The SMILES string of the molecule is CCCC(NCC1CC2(CC2)CO1)c1ccc(Oc2ccccc2)cc1. The van der Waals surface area contributed by atoms with E-state index >= 15 is 0 Å². The minimum absolute atomic E-state index is 0.380. The molecule has 1 aliphatic heterocycles. The summed E-state index contributed by atoms with van der Waals surface area (Å²) < 4.78 is 11.9. The Labute approximate surface area is 156 Å². The number of hydrogen-bond acceptors (Lipinski definition) is 3. The topological polar surface area (TPSA) is 30.5 Å². The molecule has 3 nitrogen and oxygen atoms in total. The Bertz CT molecular complexity index is 694. The van der Waals surface area contributed by atoms with E-state index in [0.717, 1.165) is 37.5 Å². The normalized spacial score (nSPS) is 21.7. The van der Waals surface area contributed by atoms with Gasteiger partial charge in [-0.3, -0.25) is 0 Å². The van der Waals surface area contributed by atoms with Crippen LogP contribution in [0, 0.1) is 5.41 Å². The van der Waals surface area contributed by atoms with E-state index in [-0.39, 0.29) is 0 Å². The smallest absolute Gasteiger partial charge is 0.127 e. The highest BCUT2D eigenvalue weighted by molar-refractivity contribution is 5.34. The van der Waals surface area contributed by atoms with Crippen LogP contribution in [0.3, 0.4) is 0 Å². The summed E-state index contributed by atoms with van der Waals surface area (Å²) in [6, 6.07) is 18.8. The predicted molar refractivity (Wildman–Crippen MR) is 105 cm³/mol. The molecule has 26 heavy (non-hydrogen) atoms. The highest BCUT2D eigenvalue weighted by Gasteiger charge is 2.49. The number of para-hydroxylation sites is 1. The molecule has 3 heteroatoms. The molecule has 2 atom stereocenters. The lowest BCUT2D eigenvalue weighted by atomic mass is 10.0. The molecule has 1 saturated heterocycles. The van der Waals surface area contributed by atoms with Crippen LogP contribution in [-0.4, -0.2) is 19.3 Å². The maximum atomic E-state index is 6.00. The van der Waals surface area contributed by atoms with Crippen molar-refractivity contribution >= 4 is 0 Å². The molecule has 0 radical (unpaired) electrons. The number of ether oxygens (including phenoxy) is 2. The average molecular weight is 351 g/mol. The van der Waals surface area contributed by atoms with Gasteiger partial charge in [-0.1, -0.05) is 43.7 Å². The van der Waals surface area contributed by atoms with Crippen LogP contribution in [0.2, 0.25) is 0 Å². The van der Waals surface area contributed by atoms with Crippen LogP contribution in [0.1, 0.15) is 50.6 Å². The Kier molecular flexibility index (Phi) is 5.28. The van der Waals surface area contributed by atoms with Gasteiger partial charge < -0.3 is 14.8 Å². The van der Waals surface area contributed by atoms with Crippen molar-refractivity contribution in [2.75, 3.05) is 13.2 Å². The second-order valence-electron chi connectivity index (χ2n) is 7.87. The molecular weight excluding hydrogens is 322 g/mol. The molecule has 2 aromatic rings. The molecule has 2 unspecified atom stereocenters. The standard InChI is InChI=1S/C23H29NO2/c1-2-6-22(24-16-21-15-23(13-14-23)17-25-21)18-9-11-20(12-10-18)26-19-7-4-3-5-8-19/h3-5,7-12,21-22,24H,2,6,13-17H2,1H3. The van der Waals surface area contributed by atoms with Crippen LogP contribution >= 0.6 is 0 Å². The first kappa shape index (κ1) is 17.6. The Hall–Kier alpha value is -1.84. The summed E-state index contributed by atoms with van der Waals surface area (Å²) in [7, 11) is 0. The van der Waals surface area contributed by atoms with E-state index < -0.39 is 0 Å². The van der Waals surface area contributed by atoms with Gasteiger partial charge in [-0.15, -0.1) is 0 Å². The van der Waals surface area contributed by atoms with Crippen molar-refractivity contribution in [3.63, 3.8) is 0 Å². The third-order valence-corrected chi connectivity index (χ3v) is 5.67. The highest BCUT2D eigenvalue weighted by atomic mass is 16.5. The zero-order valence-corrected chi connectivity index (χ0v) is 15.6. The van der Waals surface area contributed by atoms with Gasteiger partial charge >= 0.3 is 0 Å². The molecule has 1 heterocycles. The molecule has 0 aromatic heterocycles. The van der Waals surface area contributed by atoms with E-state index in [1.54, 1.807) is 0 Å². The Morgan fingerprint density at radius 3 is 2.46 bits per heavy atom. The van der Waals surface area contributed by atoms with Gasteiger partial charge in [0.25, 0.3) is 0 Å². The first-order valence-electron chi connectivity index (χ1n) is 9.94. The van der Waals surface area contributed by atoms with Crippen molar-refractivity contribution in [3.8, 4) is 11.5 Å². The number of rotatable bonds is 8. The van der Waals surface area contributed by atoms with Gasteiger partial charge in [0.2, 0.25) is 0 Å². The van der Waals surface area contributed by atoms with Crippen LogP contribution in [0.15, 0.2) is 54.6 Å². The van der Waals surface area contributed by atoms with Crippen LogP contribution in [0.4, 0.5) is 0 Å². The van der Waals surface area contributed by atoms with Crippen LogP contribution in [0.25, 0.3) is 0 Å². The van der Waals surface area contributed by atoms with Crippen molar-refractivity contribution in [2.24, 2.45) is 5.41 Å². The number of benzene rings is 2. The second-order valence-corrected chi connectivity index (χ2v) is 7.87. The van der Waals surface area contributed by atoms with Gasteiger partial charge in [0.15, 0.2) is 0 Å². The van der Waals surface area contributed by atoms with Gasteiger partial charge in [0, 0.05) is 12.6 Å². The third-order valence-electron chi connectivity index (χ3n) is 5.67. The highest BCUT2D eigenvalue weighted by Crippen LogP contribution is 2.53. The van der Waals surface area contributed by atoms with Crippen LogP contribution in [-0.2, 0) is 4.74 Å². The quantitative estimate of drug-likeness (QED) is 0.683. The molecule has 0 amide bonds. The number of hydrogen-bond donors (Lipinski definition) is 1. The summed E-state index contributed by atoms with van der Waals surface area (Å²) in [4.78, 5) is 0. The molecule has 2 aromatic carbocycles. The monoisotopic (exact) mass is 351 g/mol. The fourth-order valence-corrected chi connectivity index (χ4v) is 3.89. The summed E-state index contributed by atoms with van der Waals surface area (Å²) in [5, 5.41) is 3.75. The average Bonchev–Trinajstić information content (AvgIpc) is 3.31. The van der Waals surface area contributed by atoms with Crippen molar-refractivity contribution in [3.05, 3.63) is 60.2 Å². The van der Waals surface area contributed by atoms with Gasteiger partial charge in [0.1, 0.15) is 11.5 Å². The molecule has 1 aliphatic carbocycles. The first-order chi connectivity index (χ1) is 12.8. The van der Waals surface area contributed by atoms with Crippen LogP contribution in [0.5, 0.6) is 11.5 Å². The minimum Gasteiger partial charge on any atom is -0.457 e. The second kappa shape index (κ2) is 7.81. The summed E-state index contributed by atoms with van der Waals surface area (Å²) in [6.45, 7) is 4.17. The Morgan fingerprint density at radius 2 is 1.81 bits per heavy atom. The minimum atomic E-state index is 0.380. The summed E-state index contributed by atoms with van der Waals surface area (Å²) >= 11 is 0. The molecule has 0 bridgehead atoms. The lowest BCUT2D eigenvalue weighted by Crippen LogP contribution is -2.30. The molecule has 138 valence electrons. The van der Waals surface area contributed by atoms with Crippen molar-refractivity contribution in [1.82, 2.24) is 5.32 Å². The summed E-state index contributed by atoms with van der Waals surface area (Å²) in [5.41, 5.74) is 1.88. The predicted octanol–water partition coefficient (Wildman–Crippen LogP) is 5.48. The molecule has 4 rings (SSSR count). The van der Waals surface area contributed by atoms with Gasteiger partial charge in [-0.05, 0) is 60.9 Å². The molecule has 2 aliphatic rings. The number of nitrogens with one attached hydrogen (secondary N) is 1. The molecule has 1 saturated carbocycles. The van der Waals surface area contributed by atoms with E-state index in [2.05, 4.69) is 36.5 Å². The lowest BCUT2D eigenvalue weighted by molar-refractivity contribution is 0.101. The molecule has 2 fully saturated rings. The van der Waals surface area contributed by atoms with Crippen LogP contribution < -0.4 is 10.1 Å². The maximum absolute atomic E-state index is 6.00. The Balaban J connectivity index is 1.35. The maximum Gasteiger partial charge on any atom is 0.127 e. The summed E-state index contributed by atoms with van der Waals surface area (Å²) in [6.07, 6.45) is 6.65. The third kappa shape index (κ3) is 4.28. The van der Waals surface area contributed by atoms with E-state index in [4.69, 9.17) is 9.47 Å². The molecular formula is C23H29NO2. The van der Waals surface area contributed by atoms with E-state index in [1.165, 1.54) is 24.8 Å². The summed E-state index contributed by atoms with van der Waals surface area (Å²) in [5.74, 6) is 1.75. The molecule has 1 spiro atoms. The van der Waals surface area contributed by atoms with E-state index in [0.29, 0.717) is 17.6 Å². The largest absolute Gasteiger partial charge is 0.457 e. The van der Waals surface area contributed by atoms with Gasteiger partial charge in [0.05, 0.1) is 12.7 Å². The van der Waals surface area contributed by atoms with E-state index in [9.17, 15) is 0 Å². The van der Waals surface area contributed by atoms with Crippen molar-refractivity contribution < 1.29 is 9.47 Å². The van der Waals surface area contributed by atoms with Crippen molar-refractivity contribution in [1.29, 1.82) is 0 Å².